The van der Waals surface area contributed by atoms with Crippen LogP contribution in [-0.4, -0.2) is 33.5 Å². The largest absolute Gasteiger partial charge is 0.300 e. The van der Waals surface area contributed by atoms with Gasteiger partial charge in [-0.15, -0.1) is 0 Å². The first kappa shape index (κ1) is 16.3. The van der Waals surface area contributed by atoms with E-state index >= 15 is 0 Å². The summed E-state index contributed by atoms with van der Waals surface area (Å²) < 4.78 is 0. The summed E-state index contributed by atoms with van der Waals surface area (Å²) in [4.78, 5) is 14.0. The number of nitriles is 1. The molecule has 1 aromatic carbocycles. The SMILES string of the molecule is Cc1cccc(-c2cn[nH]c2)c1CCCC(=O)C1CCCN1C#N. The van der Waals surface area contributed by atoms with E-state index in [-0.39, 0.29) is 11.8 Å². The van der Waals surface area contributed by atoms with Crippen molar-refractivity contribution < 1.29 is 4.79 Å². The number of nitrogens with zero attached hydrogens (tertiary/aromatic N) is 3. The molecule has 1 N–H and O–H groups in total. The number of aryl methyl sites for hydroxylation is 1. The minimum Gasteiger partial charge on any atom is -0.300 e. The van der Waals surface area contributed by atoms with Crippen LogP contribution in [0, 0.1) is 18.4 Å². The number of H-pyrrole nitrogens is 1. The van der Waals surface area contributed by atoms with Crippen LogP contribution in [0.2, 0.25) is 0 Å². The fourth-order valence-corrected chi connectivity index (χ4v) is 3.53. The summed E-state index contributed by atoms with van der Waals surface area (Å²) in [5.74, 6) is 0.201. The van der Waals surface area contributed by atoms with Gasteiger partial charge in [0, 0.05) is 24.7 Å². The molecule has 2 aromatic rings. The average Bonchev–Trinajstić information content (AvgIpc) is 3.27. The molecule has 0 amide bonds. The van der Waals surface area contributed by atoms with Crippen molar-refractivity contribution in [2.45, 2.75) is 45.1 Å². The first-order valence-corrected chi connectivity index (χ1v) is 8.47. The van der Waals surface area contributed by atoms with E-state index < -0.39 is 0 Å². The van der Waals surface area contributed by atoms with Crippen LogP contribution < -0.4 is 0 Å². The molecule has 1 atom stereocenters. The van der Waals surface area contributed by atoms with Crippen molar-refractivity contribution in [3.05, 3.63) is 41.7 Å². The zero-order valence-electron chi connectivity index (χ0n) is 14.0. The number of nitrogens with one attached hydrogen (secondary N) is 1. The number of carbonyl (C=O) groups is 1. The standard InChI is InChI=1S/C19H22N4O/c1-14-5-2-7-17(15-11-21-22-12-15)16(14)6-3-9-19(24)18-8-4-10-23(18)13-20/h2,5,7,11-12,18H,3-4,6,8-10H2,1H3,(H,21,22). The van der Waals surface area contributed by atoms with Crippen molar-refractivity contribution in [3.63, 3.8) is 0 Å². The van der Waals surface area contributed by atoms with Gasteiger partial charge in [-0.3, -0.25) is 9.89 Å². The summed E-state index contributed by atoms with van der Waals surface area (Å²) in [6.45, 7) is 2.82. The molecule has 1 aliphatic rings. The second-order valence-electron chi connectivity index (χ2n) is 6.36. The molecule has 0 spiro atoms. The molecule has 1 aromatic heterocycles. The Morgan fingerprint density at radius 3 is 3.12 bits per heavy atom. The highest BCUT2D eigenvalue weighted by atomic mass is 16.1. The number of aromatic nitrogens is 2. The van der Waals surface area contributed by atoms with Crippen LogP contribution in [0.15, 0.2) is 30.6 Å². The van der Waals surface area contributed by atoms with Gasteiger partial charge < -0.3 is 4.90 Å². The monoisotopic (exact) mass is 322 g/mol. The number of Topliss-reactive ketones (excluding diaryl/α,β-unsaturated/α-hetero) is 1. The van der Waals surface area contributed by atoms with Gasteiger partial charge in [-0.25, -0.2) is 0 Å². The Morgan fingerprint density at radius 2 is 2.38 bits per heavy atom. The van der Waals surface area contributed by atoms with Crippen molar-refractivity contribution in [2.24, 2.45) is 0 Å². The number of rotatable bonds is 6. The number of hydrogen-bond donors (Lipinski definition) is 1. The van der Waals surface area contributed by atoms with Crippen molar-refractivity contribution in [1.82, 2.24) is 15.1 Å². The molecule has 2 heterocycles. The van der Waals surface area contributed by atoms with Gasteiger partial charge in [0.05, 0.1) is 12.2 Å². The van der Waals surface area contributed by atoms with Crippen LogP contribution in [0.4, 0.5) is 0 Å². The Labute approximate surface area is 142 Å². The zero-order valence-corrected chi connectivity index (χ0v) is 14.0. The van der Waals surface area contributed by atoms with Gasteiger partial charge in [0.25, 0.3) is 0 Å². The van der Waals surface area contributed by atoms with Gasteiger partial charge in [-0.1, -0.05) is 18.2 Å². The van der Waals surface area contributed by atoms with E-state index in [1.165, 1.54) is 16.7 Å². The Bertz CT molecular complexity index is 745. The normalized spacial score (nSPS) is 17.0. The van der Waals surface area contributed by atoms with Gasteiger partial charge in [0.2, 0.25) is 0 Å². The van der Waals surface area contributed by atoms with Crippen molar-refractivity contribution in [1.29, 1.82) is 5.26 Å². The zero-order chi connectivity index (χ0) is 16.9. The fourth-order valence-electron chi connectivity index (χ4n) is 3.53. The second kappa shape index (κ2) is 7.31. The van der Waals surface area contributed by atoms with Crippen LogP contribution in [0.5, 0.6) is 0 Å². The molecule has 1 unspecified atom stereocenters. The van der Waals surface area contributed by atoms with Crippen LogP contribution in [-0.2, 0) is 11.2 Å². The van der Waals surface area contributed by atoms with E-state index in [0.717, 1.165) is 37.8 Å². The number of benzene rings is 1. The summed E-state index contributed by atoms with van der Waals surface area (Å²) in [7, 11) is 0. The third kappa shape index (κ3) is 3.33. The lowest BCUT2D eigenvalue weighted by atomic mass is 9.93. The molecule has 0 aliphatic carbocycles. The Balaban J connectivity index is 1.65. The predicted octanol–water partition coefficient (Wildman–Crippen LogP) is 3.22. The minimum atomic E-state index is -0.194. The van der Waals surface area contributed by atoms with Crippen LogP contribution in [0.1, 0.15) is 36.8 Å². The third-order valence-corrected chi connectivity index (χ3v) is 4.82. The lowest BCUT2D eigenvalue weighted by molar-refractivity contribution is -0.122. The highest BCUT2D eigenvalue weighted by Gasteiger charge is 2.29. The molecule has 0 saturated carbocycles. The molecule has 5 nitrogen and oxygen atoms in total. The third-order valence-electron chi connectivity index (χ3n) is 4.82. The summed E-state index contributed by atoms with van der Waals surface area (Å²) >= 11 is 0. The molecule has 5 heteroatoms. The highest BCUT2D eigenvalue weighted by molar-refractivity contribution is 5.84. The molecular formula is C19H22N4O. The lowest BCUT2D eigenvalue weighted by Crippen LogP contribution is -2.32. The Morgan fingerprint density at radius 1 is 1.50 bits per heavy atom. The number of aromatic amines is 1. The Kier molecular flexibility index (Phi) is 4.95. The van der Waals surface area contributed by atoms with E-state index in [4.69, 9.17) is 5.26 Å². The van der Waals surface area contributed by atoms with Crippen LogP contribution in [0.25, 0.3) is 11.1 Å². The fraction of sp³-hybridized carbons (Fsp3) is 0.421. The first-order chi connectivity index (χ1) is 11.7. The van der Waals surface area contributed by atoms with Crippen LogP contribution in [0.3, 0.4) is 0 Å². The van der Waals surface area contributed by atoms with Crippen molar-refractivity contribution >= 4 is 5.78 Å². The second-order valence-corrected chi connectivity index (χ2v) is 6.36. The topological polar surface area (TPSA) is 72.8 Å². The predicted molar refractivity (Wildman–Crippen MR) is 92.0 cm³/mol. The van der Waals surface area contributed by atoms with Crippen molar-refractivity contribution in [3.8, 4) is 17.3 Å². The van der Waals surface area contributed by atoms with Gasteiger partial charge in [0.15, 0.2) is 12.0 Å². The van der Waals surface area contributed by atoms with Gasteiger partial charge in [0.1, 0.15) is 0 Å². The highest BCUT2D eigenvalue weighted by Crippen LogP contribution is 2.27. The van der Waals surface area contributed by atoms with E-state index in [1.807, 2.05) is 12.4 Å². The molecule has 0 radical (unpaired) electrons. The van der Waals surface area contributed by atoms with Crippen LogP contribution >= 0.6 is 0 Å². The molecule has 24 heavy (non-hydrogen) atoms. The molecule has 124 valence electrons. The number of ketones is 1. The Hall–Kier alpha value is -2.61. The first-order valence-electron chi connectivity index (χ1n) is 8.47. The molecule has 0 bridgehead atoms. The quantitative estimate of drug-likeness (QED) is 0.829. The van der Waals surface area contributed by atoms with Gasteiger partial charge in [-0.05, 0) is 49.3 Å². The number of hydrogen-bond acceptors (Lipinski definition) is 4. The van der Waals surface area contributed by atoms with E-state index in [1.54, 1.807) is 4.90 Å². The summed E-state index contributed by atoms with van der Waals surface area (Å²) in [5.41, 5.74) is 4.76. The molecule has 1 aliphatic heterocycles. The maximum absolute atomic E-state index is 12.4. The van der Waals surface area contributed by atoms with Crippen molar-refractivity contribution in [2.75, 3.05) is 6.54 Å². The maximum atomic E-state index is 12.4. The molecule has 1 saturated heterocycles. The van der Waals surface area contributed by atoms with E-state index in [2.05, 4.69) is 41.5 Å². The number of likely N-dealkylation sites (tertiary alicyclic amines) is 1. The summed E-state index contributed by atoms with van der Waals surface area (Å²) in [5, 5.41) is 16.0. The average molecular weight is 322 g/mol. The summed E-state index contributed by atoms with van der Waals surface area (Å²) in [6, 6.07) is 6.06. The molecular weight excluding hydrogens is 300 g/mol. The van der Waals surface area contributed by atoms with Gasteiger partial charge >= 0.3 is 0 Å². The number of carbonyl (C=O) groups excluding carboxylic acids is 1. The van der Waals surface area contributed by atoms with E-state index in [0.29, 0.717) is 6.42 Å². The lowest BCUT2D eigenvalue weighted by Gasteiger charge is -2.17. The smallest absolute Gasteiger partial charge is 0.179 e. The molecule has 3 rings (SSSR count). The summed E-state index contributed by atoms with van der Waals surface area (Å²) in [6.07, 6.45) is 9.82. The van der Waals surface area contributed by atoms with Gasteiger partial charge in [-0.2, -0.15) is 10.4 Å². The molecule has 1 fully saturated rings. The minimum absolute atomic E-state index is 0.194. The maximum Gasteiger partial charge on any atom is 0.179 e. The van der Waals surface area contributed by atoms with E-state index in [9.17, 15) is 4.79 Å².